The second-order valence-electron chi connectivity index (χ2n) is 7.89. The van der Waals surface area contributed by atoms with Crippen LogP contribution in [0.5, 0.6) is 0 Å². The van der Waals surface area contributed by atoms with Crippen LogP contribution in [0.1, 0.15) is 52.2 Å². The van der Waals surface area contributed by atoms with Gasteiger partial charge in [-0.15, -0.1) is 0 Å². The van der Waals surface area contributed by atoms with Crippen molar-refractivity contribution in [2.24, 2.45) is 10.9 Å². The third-order valence-corrected chi connectivity index (χ3v) is 3.75. The van der Waals surface area contributed by atoms with Crippen LogP contribution in [0.4, 0.5) is 0 Å². The van der Waals surface area contributed by atoms with Crippen molar-refractivity contribution in [3.8, 4) is 0 Å². The summed E-state index contributed by atoms with van der Waals surface area (Å²) in [6.07, 6.45) is 0.651. The number of hydrogen-bond donors (Lipinski definition) is 0. The molecule has 2 rings (SSSR count). The first-order valence-electron chi connectivity index (χ1n) is 9.18. The van der Waals surface area contributed by atoms with Crippen molar-refractivity contribution in [2.75, 3.05) is 0 Å². The molecular formula is C23H29NO2. The highest BCUT2D eigenvalue weighted by Gasteiger charge is 2.26. The number of benzene rings is 2. The van der Waals surface area contributed by atoms with E-state index in [0.717, 1.165) is 16.8 Å². The zero-order valence-electron chi connectivity index (χ0n) is 16.4. The summed E-state index contributed by atoms with van der Waals surface area (Å²) in [5, 5.41) is 0. The summed E-state index contributed by atoms with van der Waals surface area (Å²) < 4.78 is 5.63. The van der Waals surface area contributed by atoms with Crippen molar-refractivity contribution in [1.82, 2.24) is 0 Å². The molecule has 0 N–H and O–H groups in total. The SMILES string of the molecule is C[C@H]([13CH3])C[C@H](N=C(c1ccccc1)c1ccccc1)C(=O)OC(C)(C)C. The predicted octanol–water partition coefficient (Wildman–Crippen LogP) is 5.28. The van der Waals surface area contributed by atoms with E-state index in [-0.39, 0.29) is 5.97 Å². The first-order valence-corrected chi connectivity index (χ1v) is 9.18. The fraction of sp³-hybridized carbons (Fsp3) is 0.391. The van der Waals surface area contributed by atoms with Crippen molar-refractivity contribution in [2.45, 2.75) is 52.7 Å². The van der Waals surface area contributed by atoms with Gasteiger partial charge in [-0.05, 0) is 33.1 Å². The Morgan fingerprint density at radius 1 is 0.923 bits per heavy atom. The van der Waals surface area contributed by atoms with Crippen molar-refractivity contribution in [1.29, 1.82) is 0 Å². The molecule has 0 fully saturated rings. The van der Waals surface area contributed by atoms with Gasteiger partial charge in [-0.3, -0.25) is 4.99 Å². The number of esters is 1. The second kappa shape index (κ2) is 8.79. The summed E-state index contributed by atoms with van der Waals surface area (Å²) in [5.41, 5.74) is 2.29. The van der Waals surface area contributed by atoms with E-state index in [1.165, 1.54) is 0 Å². The van der Waals surface area contributed by atoms with E-state index in [1.54, 1.807) is 0 Å². The number of carbonyl (C=O) groups is 1. The molecule has 2 aromatic carbocycles. The number of rotatable bonds is 6. The molecule has 0 bridgehead atoms. The van der Waals surface area contributed by atoms with E-state index < -0.39 is 11.6 Å². The van der Waals surface area contributed by atoms with Gasteiger partial charge in [0.15, 0.2) is 0 Å². The molecule has 0 aliphatic carbocycles. The molecule has 0 aliphatic heterocycles. The first kappa shape index (κ1) is 19.9. The first-order chi connectivity index (χ1) is 12.3. The summed E-state index contributed by atoms with van der Waals surface area (Å²) in [6.45, 7) is 9.85. The van der Waals surface area contributed by atoms with Gasteiger partial charge in [0.05, 0.1) is 5.71 Å². The van der Waals surface area contributed by atoms with Gasteiger partial charge in [0.2, 0.25) is 0 Å². The quantitative estimate of drug-likeness (QED) is 0.403. The summed E-state index contributed by atoms with van der Waals surface area (Å²) in [7, 11) is 0. The Bertz CT molecular complexity index is 686. The molecule has 0 unspecified atom stereocenters. The highest BCUT2D eigenvalue weighted by molar-refractivity contribution is 6.13. The van der Waals surface area contributed by atoms with Crippen LogP contribution in [0.25, 0.3) is 0 Å². The number of hydrogen-bond acceptors (Lipinski definition) is 3. The number of nitrogens with zero attached hydrogens (tertiary/aromatic N) is 1. The van der Waals surface area contributed by atoms with Crippen LogP contribution >= 0.6 is 0 Å². The fourth-order valence-corrected chi connectivity index (χ4v) is 2.68. The predicted molar refractivity (Wildman–Crippen MR) is 108 cm³/mol. The normalized spacial score (nSPS) is 13.6. The van der Waals surface area contributed by atoms with Crippen molar-refractivity contribution in [3.05, 3.63) is 71.8 Å². The third kappa shape index (κ3) is 6.14. The summed E-state index contributed by atoms with van der Waals surface area (Å²) >= 11 is 0. The molecule has 2 atom stereocenters. The molecule has 0 saturated heterocycles. The average Bonchev–Trinajstić information content (AvgIpc) is 2.58. The standard InChI is InChI=1S/C23H29NO2/c1-17(2)16-20(22(25)26-23(3,4)5)24-21(18-12-8-6-9-13-18)19-14-10-7-11-15-19/h6-15,17,20H,16H2,1-5H3/t20-/m0/s1/i1+1/t17-,20-. The molecule has 0 heterocycles. The summed E-state index contributed by atoms with van der Waals surface area (Å²) in [4.78, 5) is 17.6. The number of ether oxygens (including phenoxy) is 1. The minimum absolute atomic E-state index is 0.268. The molecule has 26 heavy (non-hydrogen) atoms. The van der Waals surface area contributed by atoms with Crippen LogP contribution < -0.4 is 0 Å². The van der Waals surface area contributed by atoms with Gasteiger partial charge >= 0.3 is 5.97 Å². The van der Waals surface area contributed by atoms with Gasteiger partial charge in [-0.2, -0.15) is 0 Å². The lowest BCUT2D eigenvalue weighted by molar-refractivity contribution is -0.156. The topological polar surface area (TPSA) is 38.7 Å². The van der Waals surface area contributed by atoms with Gasteiger partial charge in [-0.1, -0.05) is 74.5 Å². The van der Waals surface area contributed by atoms with Gasteiger partial charge in [0, 0.05) is 11.1 Å². The van der Waals surface area contributed by atoms with Crippen molar-refractivity contribution < 1.29 is 9.53 Å². The van der Waals surface area contributed by atoms with E-state index in [1.807, 2.05) is 81.4 Å². The molecule has 3 heteroatoms. The maximum Gasteiger partial charge on any atom is 0.331 e. The smallest absolute Gasteiger partial charge is 0.331 e. The maximum absolute atomic E-state index is 12.8. The van der Waals surface area contributed by atoms with Gasteiger partial charge in [0.1, 0.15) is 11.6 Å². The minimum Gasteiger partial charge on any atom is -0.458 e. The average molecular weight is 352 g/mol. The lowest BCUT2D eigenvalue weighted by atomic mass is 10.0. The number of carbonyl (C=O) groups excluding carboxylic acids is 1. The molecular weight excluding hydrogens is 323 g/mol. The Hall–Kier alpha value is -2.42. The van der Waals surface area contributed by atoms with Crippen LogP contribution in [-0.2, 0) is 9.53 Å². The Balaban J connectivity index is 2.47. The Kier molecular flexibility index (Phi) is 6.73. The summed E-state index contributed by atoms with van der Waals surface area (Å²) in [6, 6.07) is 19.5. The van der Waals surface area contributed by atoms with Crippen LogP contribution in [-0.4, -0.2) is 23.3 Å². The third-order valence-electron chi connectivity index (χ3n) is 3.75. The lowest BCUT2D eigenvalue weighted by Crippen LogP contribution is -2.32. The Labute approximate surface area is 157 Å². The number of aliphatic imine (C=N–C) groups is 1. The lowest BCUT2D eigenvalue weighted by Gasteiger charge is -2.24. The largest absolute Gasteiger partial charge is 0.458 e. The molecule has 138 valence electrons. The van der Waals surface area contributed by atoms with Crippen LogP contribution in [0.2, 0.25) is 0 Å². The Morgan fingerprint density at radius 2 is 1.38 bits per heavy atom. The van der Waals surface area contributed by atoms with Gasteiger partial charge in [0.25, 0.3) is 0 Å². The van der Waals surface area contributed by atoms with Crippen LogP contribution in [0.15, 0.2) is 65.7 Å². The molecule has 0 amide bonds. The van der Waals surface area contributed by atoms with Gasteiger partial charge < -0.3 is 4.74 Å². The molecule has 0 saturated carbocycles. The van der Waals surface area contributed by atoms with E-state index in [9.17, 15) is 4.79 Å². The van der Waals surface area contributed by atoms with Crippen LogP contribution in [0, 0.1) is 5.92 Å². The summed E-state index contributed by atoms with van der Waals surface area (Å²) in [5.74, 6) is 0.0691. The van der Waals surface area contributed by atoms with E-state index in [0.29, 0.717) is 12.3 Å². The Morgan fingerprint density at radius 3 is 1.77 bits per heavy atom. The molecule has 0 aromatic heterocycles. The second-order valence-corrected chi connectivity index (χ2v) is 7.89. The van der Waals surface area contributed by atoms with E-state index in [4.69, 9.17) is 9.73 Å². The van der Waals surface area contributed by atoms with Gasteiger partial charge in [-0.25, -0.2) is 4.79 Å². The minimum atomic E-state index is -0.526. The molecule has 0 aliphatic rings. The monoisotopic (exact) mass is 352 g/mol. The highest BCUT2D eigenvalue weighted by Crippen LogP contribution is 2.19. The molecule has 3 nitrogen and oxygen atoms in total. The van der Waals surface area contributed by atoms with E-state index in [2.05, 4.69) is 13.8 Å². The molecule has 0 spiro atoms. The molecule has 0 radical (unpaired) electrons. The maximum atomic E-state index is 12.8. The van der Waals surface area contributed by atoms with Crippen molar-refractivity contribution >= 4 is 11.7 Å². The van der Waals surface area contributed by atoms with E-state index >= 15 is 0 Å². The fourth-order valence-electron chi connectivity index (χ4n) is 2.68. The zero-order chi connectivity index (χ0) is 19.2. The van der Waals surface area contributed by atoms with Crippen LogP contribution in [0.3, 0.4) is 0 Å². The molecule has 2 aromatic rings. The van der Waals surface area contributed by atoms with Crippen molar-refractivity contribution in [3.63, 3.8) is 0 Å². The zero-order valence-corrected chi connectivity index (χ0v) is 16.4. The highest BCUT2D eigenvalue weighted by atomic mass is 16.6.